The summed E-state index contributed by atoms with van der Waals surface area (Å²) in [6, 6.07) is 0. The molecule has 0 atom stereocenters. The fraction of sp³-hybridized carbons (Fsp3) is 0.750. The van der Waals surface area contributed by atoms with Crippen LogP contribution in [-0.2, 0) is 9.53 Å². The fourth-order valence-electron chi connectivity index (χ4n) is 3.42. The average Bonchev–Trinajstić information content (AvgIpc) is 2.73. The lowest BCUT2D eigenvalue weighted by molar-refractivity contribution is -0.122. The third kappa shape index (κ3) is 24.0. The van der Waals surface area contributed by atoms with E-state index in [9.17, 15) is 9.90 Å². The Morgan fingerprint density at radius 3 is 1.97 bits per heavy atom. The number of nitrogens with zero attached hydrogens (tertiary/aromatic N) is 1. The molecule has 0 unspecified atom stereocenters. The van der Waals surface area contributed by atoms with Gasteiger partial charge in [-0.1, -0.05) is 65.9 Å². The van der Waals surface area contributed by atoms with E-state index in [-0.39, 0.29) is 18.3 Å². The number of hydrogen-bond acceptors (Lipinski definition) is 4. The molecular formula is C32H59NO3. The third-order valence-electron chi connectivity index (χ3n) is 5.52. The summed E-state index contributed by atoms with van der Waals surface area (Å²) in [4.78, 5) is 15.7. The molecule has 1 fully saturated rings. The van der Waals surface area contributed by atoms with E-state index in [4.69, 9.17) is 9.73 Å². The van der Waals surface area contributed by atoms with Crippen molar-refractivity contribution >= 4 is 11.5 Å². The van der Waals surface area contributed by atoms with E-state index in [1.807, 2.05) is 33.8 Å². The smallest absolute Gasteiger partial charge is 0.135 e. The van der Waals surface area contributed by atoms with Gasteiger partial charge in [-0.2, -0.15) is 0 Å². The zero-order valence-electron chi connectivity index (χ0n) is 25.7. The van der Waals surface area contributed by atoms with E-state index in [0.717, 1.165) is 49.5 Å². The minimum absolute atomic E-state index is 0.148. The van der Waals surface area contributed by atoms with Crippen molar-refractivity contribution in [3.63, 3.8) is 0 Å². The van der Waals surface area contributed by atoms with Crippen LogP contribution in [0.2, 0.25) is 0 Å². The molecule has 36 heavy (non-hydrogen) atoms. The zero-order chi connectivity index (χ0) is 28.1. The Balaban J connectivity index is 0. The third-order valence-corrected chi connectivity index (χ3v) is 5.52. The summed E-state index contributed by atoms with van der Waals surface area (Å²) >= 11 is 0. The minimum Gasteiger partial charge on any atom is -0.496 e. The number of ketones is 1. The number of aliphatic hydroxyl groups is 1. The van der Waals surface area contributed by atoms with Gasteiger partial charge < -0.3 is 9.84 Å². The van der Waals surface area contributed by atoms with Gasteiger partial charge in [0.2, 0.25) is 0 Å². The number of Topliss-reactive ketones (excluding diaryl/α,β-unsaturated/α-hetero) is 1. The Morgan fingerprint density at radius 2 is 1.58 bits per heavy atom. The first-order chi connectivity index (χ1) is 16.7. The highest BCUT2D eigenvalue weighted by molar-refractivity contribution is 5.83. The summed E-state index contributed by atoms with van der Waals surface area (Å²) in [5, 5.41) is 9.19. The quantitative estimate of drug-likeness (QED) is 0.154. The van der Waals surface area contributed by atoms with Gasteiger partial charge in [-0.3, -0.25) is 9.79 Å². The normalized spacial score (nSPS) is 15.5. The van der Waals surface area contributed by atoms with Crippen LogP contribution in [-0.4, -0.2) is 28.3 Å². The summed E-state index contributed by atoms with van der Waals surface area (Å²) in [7, 11) is 0. The number of ether oxygens (including phenoxy) is 1. The molecule has 1 saturated carbocycles. The largest absolute Gasteiger partial charge is 0.496 e. The van der Waals surface area contributed by atoms with Crippen LogP contribution in [0.5, 0.6) is 0 Å². The van der Waals surface area contributed by atoms with E-state index < -0.39 is 5.60 Å². The van der Waals surface area contributed by atoms with Crippen molar-refractivity contribution < 1.29 is 14.6 Å². The van der Waals surface area contributed by atoms with E-state index in [1.165, 1.54) is 30.5 Å². The summed E-state index contributed by atoms with van der Waals surface area (Å²) < 4.78 is 5.66. The molecule has 0 aromatic heterocycles. The van der Waals surface area contributed by atoms with Crippen molar-refractivity contribution in [1.82, 2.24) is 0 Å². The topological polar surface area (TPSA) is 58.9 Å². The van der Waals surface area contributed by atoms with Crippen LogP contribution >= 0.6 is 0 Å². The first-order valence-electron chi connectivity index (χ1n) is 14.3. The second kappa shape index (κ2) is 21.4. The number of unbranched alkanes of at least 4 members (excludes halogenated alkanes) is 1. The van der Waals surface area contributed by atoms with Gasteiger partial charge in [-0.15, -0.1) is 0 Å². The number of carbonyl (C=O) groups excluding carboxylic acids is 1. The van der Waals surface area contributed by atoms with Crippen molar-refractivity contribution in [2.45, 2.75) is 152 Å². The Labute approximate surface area is 224 Å². The summed E-state index contributed by atoms with van der Waals surface area (Å²) in [6.45, 7) is 22.3. The average molecular weight is 506 g/mol. The Morgan fingerprint density at radius 1 is 1.03 bits per heavy atom. The van der Waals surface area contributed by atoms with E-state index >= 15 is 0 Å². The number of aliphatic imine (C=N–C) groups is 1. The molecule has 1 aliphatic carbocycles. The standard InChI is InChI=1S/C19H33NO.C8H16O2.C5H10/c1-8-10-12-16(5)19(20-17(6)11-9-2)14-13-18(7)21-15(3)4;1-4-5-7(9)6-8(2,3)10;1-5-3-2-4-5/h12-15H,8-11H2,1-7H3;10H,4-6H2,1-3H3;5H,2-4H2,1H3/b16-12+,18-13+,19-14+,20-17?;;. The minimum atomic E-state index is -0.827. The molecule has 0 heterocycles. The molecule has 0 radical (unpaired) electrons. The second-order valence-electron chi connectivity index (χ2n) is 11.1. The molecule has 0 amide bonds. The van der Waals surface area contributed by atoms with Crippen LogP contribution in [0.1, 0.15) is 140 Å². The van der Waals surface area contributed by atoms with Gasteiger partial charge in [0, 0.05) is 18.6 Å². The molecule has 210 valence electrons. The summed E-state index contributed by atoms with van der Waals surface area (Å²) in [6.07, 6.45) is 17.2. The summed E-state index contributed by atoms with van der Waals surface area (Å²) in [5.41, 5.74) is 2.64. The molecule has 4 heteroatoms. The summed E-state index contributed by atoms with van der Waals surface area (Å²) in [5.74, 6) is 2.14. The zero-order valence-corrected chi connectivity index (χ0v) is 25.7. The molecule has 0 aliphatic heterocycles. The van der Waals surface area contributed by atoms with Crippen molar-refractivity contribution in [2.24, 2.45) is 10.9 Å². The Hall–Kier alpha value is -1.68. The molecule has 1 rings (SSSR count). The molecule has 1 N–H and O–H groups in total. The number of rotatable bonds is 13. The molecule has 0 aromatic rings. The number of carbonyl (C=O) groups is 1. The maximum absolute atomic E-state index is 10.9. The van der Waals surface area contributed by atoms with Crippen LogP contribution in [0, 0.1) is 5.92 Å². The van der Waals surface area contributed by atoms with Crippen molar-refractivity contribution in [3.05, 3.63) is 35.3 Å². The van der Waals surface area contributed by atoms with Crippen molar-refractivity contribution in [3.8, 4) is 0 Å². The van der Waals surface area contributed by atoms with E-state index in [0.29, 0.717) is 6.42 Å². The van der Waals surface area contributed by atoms with Gasteiger partial charge in [0.1, 0.15) is 5.78 Å². The maximum atomic E-state index is 10.9. The Bertz CT molecular complexity index is 701. The van der Waals surface area contributed by atoms with E-state index in [1.54, 1.807) is 13.8 Å². The van der Waals surface area contributed by atoms with Crippen molar-refractivity contribution in [1.29, 1.82) is 0 Å². The highest BCUT2D eigenvalue weighted by atomic mass is 16.5. The van der Waals surface area contributed by atoms with Crippen LogP contribution in [0.25, 0.3) is 0 Å². The first kappa shape index (κ1) is 36.5. The van der Waals surface area contributed by atoms with Crippen LogP contribution in [0.4, 0.5) is 0 Å². The lowest BCUT2D eigenvalue weighted by atomic mass is 9.88. The van der Waals surface area contributed by atoms with E-state index in [2.05, 4.69) is 46.8 Å². The molecule has 0 bridgehead atoms. The van der Waals surface area contributed by atoms with Gasteiger partial charge in [0.25, 0.3) is 0 Å². The molecule has 1 aliphatic rings. The van der Waals surface area contributed by atoms with Gasteiger partial charge >= 0.3 is 0 Å². The lowest BCUT2D eigenvalue weighted by Crippen LogP contribution is -2.22. The molecule has 0 saturated heterocycles. The molecule has 0 aromatic carbocycles. The monoisotopic (exact) mass is 505 g/mol. The molecule has 4 nitrogen and oxygen atoms in total. The molecule has 0 spiro atoms. The van der Waals surface area contributed by atoms with Gasteiger partial charge in [0.15, 0.2) is 0 Å². The van der Waals surface area contributed by atoms with Gasteiger partial charge in [0.05, 0.1) is 23.2 Å². The number of allylic oxidation sites excluding steroid dienone is 5. The fourth-order valence-corrected chi connectivity index (χ4v) is 3.42. The Kier molecular flexibility index (Phi) is 21.7. The maximum Gasteiger partial charge on any atom is 0.135 e. The first-order valence-corrected chi connectivity index (χ1v) is 14.3. The predicted octanol–water partition coefficient (Wildman–Crippen LogP) is 9.53. The highest BCUT2D eigenvalue weighted by Crippen LogP contribution is 2.24. The predicted molar refractivity (Wildman–Crippen MR) is 159 cm³/mol. The van der Waals surface area contributed by atoms with Gasteiger partial charge in [-0.05, 0) is 91.4 Å². The molecular weight excluding hydrogens is 446 g/mol. The highest BCUT2D eigenvalue weighted by Gasteiger charge is 2.16. The lowest BCUT2D eigenvalue weighted by Gasteiger charge is -2.18. The number of hydrogen-bond donors (Lipinski definition) is 1. The second-order valence-corrected chi connectivity index (χ2v) is 11.1. The van der Waals surface area contributed by atoms with Crippen LogP contribution in [0.3, 0.4) is 0 Å². The SMILES string of the molecule is CC1CCC1.CCC/C=C(C)/C(=C\C=C(/C)OC(C)C)N=C(C)CCC.CCCC(=O)CC(C)(C)O. The van der Waals surface area contributed by atoms with Gasteiger partial charge in [-0.25, -0.2) is 0 Å². The van der Waals surface area contributed by atoms with Crippen LogP contribution < -0.4 is 0 Å². The van der Waals surface area contributed by atoms with Crippen LogP contribution in [0.15, 0.2) is 40.2 Å². The van der Waals surface area contributed by atoms with Crippen molar-refractivity contribution in [2.75, 3.05) is 0 Å².